The van der Waals surface area contributed by atoms with E-state index in [0.29, 0.717) is 25.0 Å². The molecule has 8 heteroatoms. The summed E-state index contributed by atoms with van der Waals surface area (Å²) >= 11 is 0. The van der Waals surface area contributed by atoms with Gasteiger partial charge < -0.3 is 9.64 Å². The summed E-state index contributed by atoms with van der Waals surface area (Å²) in [5, 5.41) is 4.23. The molecule has 2 heterocycles. The number of aryl methyl sites for hydroxylation is 1. The highest BCUT2D eigenvalue weighted by atomic mass is 16.5. The standard InChI is InChI=1S/C36H42N4O4/c1-5-44-35(42)32-22-28(12-11-26(32)4)23-34(41)33(21-27-9-7-6-8-10-27)29-17-19-38(20-18-29)30-13-15-31(16-14-30)39-24-37-40(25(2)3)36(39)43/h6-16,22,24-25,29,33H,5,17-21,23H2,1-4H3. The Bertz CT molecular complexity index is 1630. The monoisotopic (exact) mass is 594 g/mol. The van der Waals surface area contributed by atoms with Crippen LogP contribution in [-0.4, -0.2) is 45.8 Å². The number of ketones is 1. The summed E-state index contributed by atoms with van der Waals surface area (Å²) in [6.07, 6.45) is 4.38. The van der Waals surface area contributed by atoms with Crippen LogP contribution in [0.3, 0.4) is 0 Å². The molecule has 0 saturated carbocycles. The van der Waals surface area contributed by atoms with Crippen molar-refractivity contribution in [1.29, 1.82) is 0 Å². The van der Waals surface area contributed by atoms with Gasteiger partial charge in [-0.05, 0) is 99.9 Å². The van der Waals surface area contributed by atoms with E-state index in [1.807, 2.05) is 69.3 Å². The van der Waals surface area contributed by atoms with E-state index in [4.69, 9.17) is 4.74 Å². The van der Waals surface area contributed by atoms with Gasteiger partial charge in [-0.2, -0.15) is 5.10 Å². The van der Waals surface area contributed by atoms with Crippen molar-refractivity contribution in [2.45, 2.75) is 59.4 Å². The first-order chi connectivity index (χ1) is 21.2. The van der Waals surface area contributed by atoms with Crippen LogP contribution >= 0.6 is 0 Å². The Morgan fingerprint density at radius 2 is 1.61 bits per heavy atom. The van der Waals surface area contributed by atoms with E-state index in [1.54, 1.807) is 17.8 Å². The van der Waals surface area contributed by atoms with Crippen molar-refractivity contribution >= 4 is 17.4 Å². The Morgan fingerprint density at radius 3 is 2.25 bits per heavy atom. The quantitative estimate of drug-likeness (QED) is 0.198. The molecule has 0 radical (unpaired) electrons. The number of rotatable bonds is 11. The molecule has 1 saturated heterocycles. The number of carbonyl (C=O) groups is 2. The summed E-state index contributed by atoms with van der Waals surface area (Å²) in [4.78, 5) is 41.5. The lowest BCUT2D eigenvalue weighted by Crippen LogP contribution is -2.39. The lowest BCUT2D eigenvalue weighted by molar-refractivity contribution is -0.124. The van der Waals surface area contributed by atoms with Gasteiger partial charge in [-0.3, -0.25) is 4.79 Å². The van der Waals surface area contributed by atoms with Crippen LogP contribution in [0.5, 0.6) is 0 Å². The maximum atomic E-state index is 13.9. The second kappa shape index (κ2) is 13.9. The molecule has 1 atom stereocenters. The molecule has 0 amide bonds. The SMILES string of the molecule is CCOC(=O)c1cc(CC(=O)C(Cc2ccccc2)C2CCN(c3ccc(-n4cnn(C(C)C)c4=O)cc3)CC2)ccc1C. The van der Waals surface area contributed by atoms with Crippen LogP contribution in [0.15, 0.2) is 83.9 Å². The van der Waals surface area contributed by atoms with E-state index in [1.165, 1.54) is 4.68 Å². The van der Waals surface area contributed by atoms with Crippen LogP contribution in [-0.2, 0) is 22.4 Å². The first-order valence-electron chi connectivity index (χ1n) is 15.6. The second-order valence-electron chi connectivity index (χ2n) is 12.0. The predicted molar refractivity (Wildman–Crippen MR) is 173 cm³/mol. The zero-order valence-electron chi connectivity index (χ0n) is 26.1. The number of hydrogen-bond donors (Lipinski definition) is 0. The van der Waals surface area contributed by atoms with Gasteiger partial charge in [0, 0.05) is 31.1 Å². The third kappa shape index (κ3) is 7.01. The Labute approximate surface area is 259 Å². The van der Waals surface area contributed by atoms with Crippen molar-refractivity contribution in [1.82, 2.24) is 14.3 Å². The van der Waals surface area contributed by atoms with Gasteiger partial charge in [-0.15, -0.1) is 0 Å². The van der Waals surface area contributed by atoms with Gasteiger partial charge in [-0.1, -0.05) is 42.5 Å². The summed E-state index contributed by atoms with van der Waals surface area (Å²) in [5.41, 5.74) is 5.12. The number of aromatic nitrogens is 3. The van der Waals surface area contributed by atoms with Crippen LogP contribution < -0.4 is 10.6 Å². The molecule has 1 aliphatic heterocycles. The molecule has 44 heavy (non-hydrogen) atoms. The molecule has 0 spiro atoms. The second-order valence-corrected chi connectivity index (χ2v) is 12.0. The molecule has 8 nitrogen and oxygen atoms in total. The minimum absolute atomic E-state index is 0.000811. The molecular weight excluding hydrogens is 552 g/mol. The average molecular weight is 595 g/mol. The number of Topliss-reactive ketones (excluding diaryl/α,β-unsaturated/α-hetero) is 1. The summed E-state index contributed by atoms with van der Waals surface area (Å²) in [6.45, 7) is 9.57. The van der Waals surface area contributed by atoms with Crippen molar-refractivity contribution < 1.29 is 14.3 Å². The smallest absolute Gasteiger partial charge is 0.350 e. The number of anilines is 1. The van der Waals surface area contributed by atoms with Gasteiger partial charge >= 0.3 is 11.7 Å². The number of nitrogens with zero attached hydrogens (tertiary/aromatic N) is 4. The Hall–Kier alpha value is -4.46. The number of ether oxygens (including phenoxy) is 1. The summed E-state index contributed by atoms with van der Waals surface area (Å²) < 4.78 is 8.28. The highest BCUT2D eigenvalue weighted by Crippen LogP contribution is 2.32. The summed E-state index contributed by atoms with van der Waals surface area (Å²) in [5.74, 6) is 0.00762. The molecule has 1 aliphatic rings. The normalized spacial score (nSPS) is 14.5. The van der Waals surface area contributed by atoms with Gasteiger partial charge in [-0.25, -0.2) is 18.8 Å². The average Bonchev–Trinajstić information content (AvgIpc) is 3.43. The molecular formula is C36H42N4O4. The number of piperidine rings is 1. The van der Waals surface area contributed by atoms with E-state index >= 15 is 0 Å². The van der Waals surface area contributed by atoms with E-state index < -0.39 is 0 Å². The Morgan fingerprint density at radius 1 is 0.932 bits per heavy atom. The Kier molecular flexibility index (Phi) is 9.78. The van der Waals surface area contributed by atoms with Crippen molar-refractivity contribution in [3.63, 3.8) is 0 Å². The molecule has 5 rings (SSSR count). The zero-order valence-corrected chi connectivity index (χ0v) is 26.1. The third-order valence-electron chi connectivity index (χ3n) is 8.67. The molecule has 4 aromatic rings. The van der Waals surface area contributed by atoms with Crippen LogP contribution in [0, 0.1) is 18.8 Å². The van der Waals surface area contributed by atoms with Crippen molar-refractivity contribution in [2.75, 3.05) is 24.6 Å². The molecule has 0 aliphatic carbocycles. The van der Waals surface area contributed by atoms with E-state index in [9.17, 15) is 14.4 Å². The minimum atomic E-state index is -0.349. The maximum absolute atomic E-state index is 13.9. The number of hydrogen-bond acceptors (Lipinski definition) is 6. The van der Waals surface area contributed by atoms with Crippen LogP contribution in [0.1, 0.15) is 66.7 Å². The molecule has 1 unspecified atom stereocenters. The molecule has 0 bridgehead atoms. The van der Waals surface area contributed by atoms with Crippen LogP contribution in [0.25, 0.3) is 5.69 Å². The van der Waals surface area contributed by atoms with Crippen molar-refractivity contribution in [2.24, 2.45) is 11.8 Å². The number of esters is 1. The van der Waals surface area contributed by atoms with E-state index in [-0.39, 0.29) is 35.3 Å². The molecule has 1 aromatic heterocycles. The molecule has 230 valence electrons. The summed E-state index contributed by atoms with van der Waals surface area (Å²) in [6, 6.07) is 23.9. The largest absolute Gasteiger partial charge is 0.462 e. The first-order valence-corrected chi connectivity index (χ1v) is 15.6. The first kappa shape index (κ1) is 31.0. The van der Waals surface area contributed by atoms with Crippen LogP contribution in [0.4, 0.5) is 5.69 Å². The van der Waals surface area contributed by atoms with Crippen molar-refractivity contribution in [3.8, 4) is 5.69 Å². The minimum Gasteiger partial charge on any atom is -0.462 e. The molecule has 0 N–H and O–H groups in total. The van der Waals surface area contributed by atoms with Gasteiger partial charge in [0.2, 0.25) is 0 Å². The van der Waals surface area contributed by atoms with Gasteiger partial charge in [0.05, 0.1) is 23.9 Å². The van der Waals surface area contributed by atoms with Crippen LogP contribution in [0.2, 0.25) is 0 Å². The van der Waals surface area contributed by atoms with E-state index in [0.717, 1.165) is 54.0 Å². The number of benzene rings is 3. The fourth-order valence-electron chi connectivity index (χ4n) is 6.18. The lowest BCUT2D eigenvalue weighted by atomic mass is 9.77. The lowest BCUT2D eigenvalue weighted by Gasteiger charge is -2.37. The highest BCUT2D eigenvalue weighted by Gasteiger charge is 2.32. The van der Waals surface area contributed by atoms with Gasteiger partial charge in [0.1, 0.15) is 12.1 Å². The topological polar surface area (TPSA) is 86.4 Å². The highest BCUT2D eigenvalue weighted by molar-refractivity contribution is 5.92. The van der Waals surface area contributed by atoms with Gasteiger partial charge in [0.15, 0.2) is 0 Å². The maximum Gasteiger partial charge on any atom is 0.350 e. The van der Waals surface area contributed by atoms with E-state index in [2.05, 4.69) is 34.3 Å². The fraction of sp³-hybridized carbons (Fsp3) is 0.389. The summed E-state index contributed by atoms with van der Waals surface area (Å²) in [7, 11) is 0. The molecule has 1 fully saturated rings. The fourth-order valence-corrected chi connectivity index (χ4v) is 6.18. The third-order valence-corrected chi connectivity index (χ3v) is 8.67. The predicted octanol–water partition coefficient (Wildman–Crippen LogP) is 5.99. The Balaban J connectivity index is 1.28. The number of carbonyl (C=O) groups excluding carboxylic acids is 2. The van der Waals surface area contributed by atoms with Gasteiger partial charge in [0.25, 0.3) is 0 Å². The zero-order chi connectivity index (χ0) is 31.2. The van der Waals surface area contributed by atoms with Crippen molar-refractivity contribution in [3.05, 3.63) is 112 Å². The molecule has 3 aromatic carbocycles.